The van der Waals surface area contributed by atoms with Crippen molar-refractivity contribution in [1.82, 2.24) is 0 Å². The van der Waals surface area contributed by atoms with Crippen LogP contribution in [0.25, 0.3) is 0 Å². The van der Waals surface area contributed by atoms with E-state index in [2.05, 4.69) is 5.16 Å². The van der Waals surface area contributed by atoms with Gasteiger partial charge in [0.05, 0.1) is 11.4 Å². The van der Waals surface area contributed by atoms with E-state index in [0.717, 1.165) is 0 Å². The standard InChI is InChI=1S/C17H14Cl2F3N3O/c1-25(23)14-4-2-3-10(5-14)15-9-16(26-24-15,17(20,21)22)11-6-12(18)8-13(19)7-11/h2-8H,9,23H2,1H3. The summed E-state index contributed by atoms with van der Waals surface area (Å²) in [7, 11) is 1.63. The minimum atomic E-state index is -4.73. The van der Waals surface area contributed by atoms with Crippen LogP contribution < -0.4 is 10.9 Å². The van der Waals surface area contributed by atoms with Crippen LogP contribution in [0.5, 0.6) is 0 Å². The van der Waals surface area contributed by atoms with E-state index in [1.54, 1.807) is 31.3 Å². The van der Waals surface area contributed by atoms with Gasteiger partial charge >= 0.3 is 6.18 Å². The maximum atomic E-state index is 13.9. The summed E-state index contributed by atoms with van der Waals surface area (Å²) in [6, 6.07) is 10.4. The normalized spacial score (nSPS) is 19.9. The van der Waals surface area contributed by atoms with Crippen LogP contribution in [0.3, 0.4) is 0 Å². The Morgan fingerprint density at radius 1 is 1.15 bits per heavy atom. The summed E-state index contributed by atoms with van der Waals surface area (Å²) in [6.45, 7) is 0. The van der Waals surface area contributed by atoms with E-state index < -0.39 is 18.2 Å². The van der Waals surface area contributed by atoms with Crippen LogP contribution in [-0.4, -0.2) is 18.9 Å². The Morgan fingerprint density at radius 3 is 2.38 bits per heavy atom. The topological polar surface area (TPSA) is 50.8 Å². The van der Waals surface area contributed by atoms with Gasteiger partial charge in [-0.1, -0.05) is 40.5 Å². The average molecular weight is 404 g/mol. The van der Waals surface area contributed by atoms with Gasteiger partial charge < -0.3 is 9.85 Å². The minimum absolute atomic E-state index is 0.0833. The largest absolute Gasteiger partial charge is 0.435 e. The molecule has 0 aromatic heterocycles. The first-order valence-electron chi connectivity index (χ1n) is 7.49. The summed E-state index contributed by atoms with van der Waals surface area (Å²) < 4.78 is 41.8. The second-order valence-electron chi connectivity index (χ2n) is 5.95. The van der Waals surface area contributed by atoms with E-state index in [1.165, 1.54) is 23.2 Å². The molecular formula is C17H14Cl2F3N3O. The fourth-order valence-corrected chi connectivity index (χ4v) is 3.28. The average Bonchev–Trinajstić information content (AvgIpc) is 3.00. The molecule has 0 saturated carbocycles. The first kappa shape index (κ1) is 18.8. The van der Waals surface area contributed by atoms with Crippen LogP contribution in [0, 0.1) is 0 Å². The highest BCUT2D eigenvalue weighted by atomic mass is 35.5. The lowest BCUT2D eigenvalue weighted by Gasteiger charge is -2.29. The summed E-state index contributed by atoms with van der Waals surface area (Å²) >= 11 is 11.8. The SMILES string of the molecule is CN(N)c1cccc(C2=NOC(c3cc(Cl)cc(Cl)c3)(C(F)(F)F)C2)c1. The van der Waals surface area contributed by atoms with Crippen molar-refractivity contribution in [3.05, 3.63) is 63.6 Å². The van der Waals surface area contributed by atoms with Gasteiger partial charge in [-0.3, -0.25) is 0 Å². The van der Waals surface area contributed by atoms with Gasteiger partial charge in [-0.15, -0.1) is 0 Å². The molecule has 0 radical (unpaired) electrons. The van der Waals surface area contributed by atoms with Gasteiger partial charge in [-0.2, -0.15) is 13.2 Å². The van der Waals surface area contributed by atoms with Crippen molar-refractivity contribution < 1.29 is 18.0 Å². The van der Waals surface area contributed by atoms with Crippen molar-refractivity contribution in [3.63, 3.8) is 0 Å². The second kappa shape index (κ2) is 6.64. The Morgan fingerprint density at radius 2 is 1.81 bits per heavy atom. The van der Waals surface area contributed by atoms with Gasteiger partial charge in [0.25, 0.3) is 5.60 Å². The molecule has 0 amide bonds. The van der Waals surface area contributed by atoms with Crippen molar-refractivity contribution in [3.8, 4) is 0 Å². The molecule has 2 N–H and O–H groups in total. The molecule has 1 aliphatic rings. The quantitative estimate of drug-likeness (QED) is 0.586. The Labute approximate surface area is 157 Å². The molecule has 26 heavy (non-hydrogen) atoms. The highest BCUT2D eigenvalue weighted by Crippen LogP contribution is 2.49. The Balaban J connectivity index is 2.02. The van der Waals surface area contributed by atoms with Crippen LogP contribution in [0.1, 0.15) is 17.5 Å². The van der Waals surface area contributed by atoms with E-state index in [0.29, 0.717) is 11.3 Å². The number of hydrazine groups is 1. The molecule has 138 valence electrons. The van der Waals surface area contributed by atoms with E-state index in [9.17, 15) is 13.2 Å². The number of oxime groups is 1. The molecule has 0 bridgehead atoms. The number of anilines is 1. The Bertz CT molecular complexity index is 850. The summed E-state index contributed by atoms with van der Waals surface area (Å²) in [5.41, 5.74) is -1.59. The predicted octanol–water partition coefficient (Wildman–Crippen LogP) is 4.89. The molecule has 0 fully saturated rings. The third-order valence-corrected chi connectivity index (χ3v) is 4.54. The van der Waals surface area contributed by atoms with E-state index in [1.807, 2.05) is 0 Å². The van der Waals surface area contributed by atoms with E-state index >= 15 is 0 Å². The minimum Gasteiger partial charge on any atom is -0.374 e. The Hall–Kier alpha value is -1.96. The van der Waals surface area contributed by atoms with Gasteiger partial charge in [-0.05, 0) is 30.3 Å². The fraction of sp³-hybridized carbons (Fsp3) is 0.235. The molecule has 3 rings (SSSR count). The smallest absolute Gasteiger partial charge is 0.374 e. The number of benzene rings is 2. The molecule has 2 aromatic carbocycles. The molecule has 0 saturated heterocycles. The second-order valence-corrected chi connectivity index (χ2v) is 6.82. The zero-order chi connectivity index (χ0) is 19.1. The number of nitrogens with zero attached hydrogens (tertiary/aromatic N) is 2. The van der Waals surface area contributed by atoms with Gasteiger partial charge in [0.1, 0.15) is 0 Å². The molecule has 0 spiro atoms. The lowest BCUT2D eigenvalue weighted by Crippen LogP contribution is -2.42. The number of hydrogen-bond donors (Lipinski definition) is 1. The highest BCUT2D eigenvalue weighted by Gasteiger charge is 2.62. The summed E-state index contributed by atoms with van der Waals surface area (Å²) in [4.78, 5) is 4.97. The molecule has 1 aliphatic heterocycles. The Kier molecular flexibility index (Phi) is 4.81. The van der Waals surface area contributed by atoms with Crippen LogP contribution in [0.4, 0.5) is 18.9 Å². The lowest BCUT2D eigenvalue weighted by atomic mass is 9.86. The monoisotopic (exact) mass is 403 g/mol. The highest BCUT2D eigenvalue weighted by molar-refractivity contribution is 6.34. The van der Waals surface area contributed by atoms with Crippen molar-refractivity contribution in [1.29, 1.82) is 0 Å². The van der Waals surface area contributed by atoms with Crippen molar-refractivity contribution in [2.24, 2.45) is 11.0 Å². The van der Waals surface area contributed by atoms with Gasteiger partial charge in [0.2, 0.25) is 0 Å². The van der Waals surface area contributed by atoms with Gasteiger partial charge in [-0.25, -0.2) is 5.84 Å². The molecular weight excluding hydrogens is 390 g/mol. The van der Waals surface area contributed by atoms with E-state index in [-0.39, 0.29) is 21.3 Å². The number of alkyl halides is 3. The maximum absolute atomic E-state index is 13.9. The maximum Gasteiger partial charge on any atom is 0.435 e. The summed E-state index contributed by atoms with van der Waals surface area (Å²) in [5.74, 6) is 5.68. The molecule has 2 aromatic rings. The first-order valence-corrected chi connectivity index (χ1v) is 8.25. The number of halogens is 5. The third kappa shape index (κ3) is 3.34. The van der Waals surface area contributed by atoms with Crippen LogP contribution in [0.15, 0.2) is 47.6 Å². The first-order chi connectivity index (χ1) is 12.1. The fourth-order valence-electron chi connectivity index (χ4n) is 2.75. The zero-order valence-corrected chi connectivity index (χ0v) is 15.0. The molecule has 4 nitrogen and oxygen atoms in total. The number of nitrogens with two attached hydrogens (primary N) is 1. The molecule has 9 heteroatoms. The van der Waals surface area contributed by atoms with E-state index in [4.69, 9.17) is 33.9 Å². The van der Waals surface area contributed by atoms with Gasteiger partial charge in [0.15, 0.2) is 0 Å². The van der Waals surface area contributed by atoms with Gasteiger partial charge in [0, 0.05) is 34.6 Å². The van der Waals surface area contributed by atoms with Crippen molar-refractivity contribution >= 4 is 34.6 Å². The van der Waals surface area contributed by atoms with Crippen LogP contribution in [0.2, 0.25) is 10.0 Å². The summed E-state index contributed by atoms with van der Waals surface area (Å²) in [6.07, 6.45) is -5.24. The molecule has 1 atom stereocenters. The predicted molar refractivity (Wildman–Crippen MR) is 95.5 cm³/mol. The number of rotatable bonds is 3. The van der Waals surface area contributed by atoms with Crippen molar-refractivity contribution in [2.45, 2.75) is 18.2 Å². The lowest BCUT2D eigenvalue weighted by molar-refractivity contribution is -0.275. The van der Waals surface area contributed by atoms with Crippen LogP contribution in [-0.2, 0) is 10.4 Å². The molecule has 0 aliphatic carbocycles. The van der Waals surface area contributed by atoms with Crippen LogP contribution >= 0.6 is 23.2 Å². The summed E-state index contributed by atoms with van der Waals surface area (Å²) in [5, 5.41) is 5.23. The van der Waals surface area contributed by atoms with Crippen molar-refractivity contribution in [2.75, 3.05) is 12.1 Å². The zero-order valence-electron chi connectivity index (χ0n) is 13.5. The molecule has 1 heterocycles. The molecule has 1 unspecified atom stereocenters. The third-order valence-electron chi connectivity index (χ3n) is 4.10. The number of hydrogen-bond acceptors (Lipinski definition) is 4.